The van der Waals surface area contributed by atoms with Gasteiger partial charge in [-0.3, -0.25) is 48.1 Å². The zero-order valence-electron chi connectivity index (χ0n) is 66.6. The van der Waals surface area contributed by atoms with Crippen LogP contribution in [-0.4, -0.2) is 155 Å². The number of imide groups is 1. The van der Waals surface area contributed by atoms with E-state index in [0.717, 1.165) is 50.9 Å². The zero-order chi connectivity index (χ0) is 82.0. The van der Waals surface area contributed by atoms with Crippen LogP contribution in [0.4, 0.5) is 0 Å². The molecule has 7 heterocycles. The fourth-order valence-corrected chi connectivity index (χ4v) is 9.68. The van der Waals surface area contributed by atoms with Crippen molar-refractivity contribution in [2.75, 3.05) is 26.4 Å². The van der Waals surface area contributed by atoms with Crippen LogP contribution >= 0.6 is 11.6 Å². The molecule has 1 atom stereocenters. The van der Waals surface area contributed by atoms with Crippen LogP contribution in [0, 0.1) is 10.8 Å². The molecule has 7 aromatic rings. The summed E-state index contributed by atoms with van der Waals surface area (Å²) in [7, 11) is 0. The van der Waals surface area contributed by atoms with Crippen LogP contribution in [-0.2, 0) is 81.5 Å². The second-order valence-electron chi connectivity index (χ2n) is 31.4. The lowest BCUT2D eigenvalue weighted by Gasteiger charge is -2.25. The van der Waals surface area contributed by atoms with Gasteiger partial charge in [-0.15, -0.1) is 11.6 Å². The first-order chi connectivity index (χ1) is 49.3. The highest BCUT2D eigenvalue weighted by Crippen LogP contribution is 2.28. The van der Waals surface area contributed by atoms with Crippen molar-refractivity contribution in [3.05, 3.63) is 162 Å². The monoisotopic (exact) mass is 1510 g/mol. The number of aliphatic hydroxyl groups excluding tert-OH is 1. The first kappa shape index (κ1) is 92.8. The number of hydrogen-bond acceptors (Lipinski definition) is 20. The van der Waals surface area contributed by atoms with Gasteiger partial charge in [-0.25, -0.2) is 34.5 Å². The lowest BCUT2D eigenvalue weighted by atomic mass is 9.89. The zero-order valence-corrected chi connectivity index (χ0v) is 67.4. The Morgan fingerprint density at radius 1 is 0.551 bits per heavy atom. The maximum atomic E-state index is 12.4. The summed E-state index contributed by atoms with van der Waals surface area (Å²) in [5, 5.41) is 10.6. The number of imidazole rings is 5. The summed E-state index contributed by atoms with van der Waals surface area (Å²) in [5.74, 6) is -3.23. The Labute approximate surface area is 630 Å². The number of halogens is 1. The smallest absolute Gasteiger partial charge is 0.358 e. The number of carbonyl (C=O) groups is 9. The lowest BCUT2D eigenvalue weighted by Crippen LogP contribution is -2.51. The van der Waals surface area contributed by atoms with E-state index in [1.807, 2.05) is 113 Å². The molecule has 1 unspecified atom stereocenters. The third kappa shape index (κ3) is 30.2. The quantitative estimate of drug-likeness (QED) is 0.0130. The molecule has 29 nitrogen and oxygen atoms in total. The second-order valence-corrected chi connectivity index (χ2v) is 31.9. The number of rotatable bonds is 13. The molecule has 0 spiro atoms. The molecule has 107 heavy (non-hydrogen) atoms. The highest BCUT2D eigenvalue weighted by Gasteiger charge is 2.35. The van der Waals surface area contributed by atoms with E-state index in [1.54, 1.807) is 93.4 Å². The van der Waals surface area contributed by atoms with E-state index in [0.29, 0.717) is 36.0 Å². The van der Waals surface area contributed by atoms with Crippen molar-refractivity contribution in [2.45, 2.75) is 219 Å². The molecule has 3 amide bonds. The fourth-order valence-electron chi connectivity index (χ4n) is 9.29. The van der Waals surface area contributed by atoms with E-state index >= 15 is 0 Å². The summed E-state index contributed by atoms with van der Waals surface area (Å²) in [6.07, 6.45) is 13.2. The molecule has 1 aromatic carbocycles. The van der Waals surface area contributed by atoms with Crippen molar-refractivity contribution in [1.82, 2.24) is 70.0 Å². The van der Waals surface area contributed by atoms with Crippen LogP contribution in [0.15, 0.2) is 77.3 Å². The van der Waals surface area contributed by atoms with Gasteiger partial charge in [0.05, 0.1) is 92.2 Å². The molecule has 1 aliphatic rings. The first-order valence-electron chi connectivity index (χ1n) is 34.7. The van der Waals surface area contributed by atoms with Crippen molar-refractivity contribution >= 4 is 83.3 Å². The molecule has 0 radical (unpaired) electrons. The summed E-state index contributed by atoms with van der Waals surface area (Å²) in [6, 6.07) is 9.34. The van der Waals surface area contributed by atoms with Crippen molar-refractivity contribution in [1.29, 1.82) is 0 Å². The minimum Gasteiger partial charge on any atom is -0.466 e. The van der Waals surface area contributed by atoms with Crippen molar-refractivity contribution < 1.29 is 62.5 Å². The number of aliphatic hydroxyl groups is 1. The Balaban J connectivity index is 0.000000435. The number of alkyl halides is 1. The van der Waals surface area contributed by atoms with E-state index in [-0.39, 0.29) is 98.3 Å². The first-order valence-corrected chi connectivity index (χ1v) is 35.1. The highest BCUT2D eigenvalue weighted by atomic mass is 35.5. The summed E-state index contributed by atoms with van der Waals surface area (Å²) < 4.78 is 14.2. The minimum absolute atomic E-state index is 0.0120. The van der Waals surface area contributed by atoms with Gasteiger partial charge in [0.15, 0.2) is 23.1 Å². The van der Waals surface area contributed by atoms with Gasteiger partial charge in [-0.2, -0.15) is 0 Å². The fraction of sp³-hybridized carbons (Fsp3) is 0.506. The third-order valence-electron chi connectivity index (χ3n) is 14.8. The predicted octanol–water partition coefficient (Wildman–Crippen LogP) is 9.22. The number of hydrogen-bond donors (Lipinski definition) is 9. The number of piperazine rings is 1. The van der Waals surface area contributed by atoms with Gasteiger partial charge in [0.25, 0.3) is 17.0 Å². The number of H-pyrrole nitrogens is 7. The summed E-state index contributed by atoms with van der Waals surface area (Å²) in [5.41, 5.74) is 5.91. The summed E-state index contributed by atoms with van der Waals surface area (Å²) >= 11 is 5.62. The van der Waals surface area contributed by atoms with Crippen LogP contribution in [0.3, 0.4) is 0 Å². The normalized spacial score (nSPS) is 13.5. The molecule has 0 bridgehead atoms. The standard InChI is InChI=1S/C19H20N4O2.C14H18N4O3.C10H16N2O2.C9H15ClO3.C9H16O3.C8H14N2O.C8H12N2O/c1-19(2,3)16-13(20-11-21-16)10-15-18(25)22-14(17(24)23-15)9-12-7-5-4-6-8-12;1-8(19)18-6-11(20)17-10(13(18)21)5-9-12(14(2,3)4)16-7-15-9;1-5-14-9(13)7-8(10(2,3)4)12-6-11-7;1-5-13-8(12)6(10)7(11)9(2,3)4;1-5-12-8(11)6-7(10)9(2,3)4;2*1-8(2,3)7-6(4-11)9-5-10-7/h4-11H,1-3H3,(H,20,21)(H,22,25)(H,23,24);5,7H,6H2,1-4H3,(H,15,16)(H,17,20);6H,5H2,1-4H3,(H,11,12);6H,5H2,1-4H3;5-6H2,1-4H3;5,11H,4H2,1-3H3,(H,9,10);4-5H,1-3H3,(H,9,10)/b14-9-,15-10-;10-5-;;;;;. The second kappa shape index (κ2) is 40.4. The average Bonchev–Trinajstić information content (AvgIpc) is 1.75. The van der Waals surface area contributed by atoms with Gasteiger partial charge in [-0.1, -0.05) is 176 Å². The molecule has 0 saturated carbocycles. The maximum absolute atomic E-state index is 12.4. The number of aromatic amines is 7. The van der Waals surface area contributed by atoms with Gasteiger partial charge in [0, 0.05) is 56.2 Å². The van der Waals surface area contributed by atoms with Crippen molar-refractivity contribution in [3.8, 4) is 0 Å². The molecule has 1 aliphatic heterocycles. The number of benzene rings is 1. The molecule has 30 heteroatoms. The van der Waals surface area contributed by atoms with Gasteiger partial charge in [0.1, 0.15) is 40.8 Å². The Bertz CT molecular complexity index is 4400. The molecule has 9 N–H and O–H groups in total. The van der Waals surface area contributed by atoms with E-state index in [2.05, 4.69) is 95.4 Å². The largest absolute Gasteiger partial charge is 0.466 e. The number of ether oxygens (including phenoxy) is 3. The van der Waals surface area contributed by atoms with E-state index in [9.17, 15) is 52.7 Å². The maximum Gasteiger partial charge on any atom is 0.358 e. The van der Waals surface area contributed by atoms with E-state index < -0.39 is 45.9 Å². The van der Waals surface area contributed by atoms with Crippen LogP contribution in [0.2, 0.25) is 0 Å². The number of nitrogens with zero attached hydrogens (tertiary/aromatic N) is 6. The Hall–Kier alpha value is -10.3. The van der Waals surface area contributed by atoms with Crippen LogP contribution in [0.1, 0.15) is 252 Å². The van der Waals surface area contributed by atoms with Crippen LogP contribution < -0.4 is 27.1 Å². The summed E-state index contributed by atoms with van der Waals surface area (Å²) in [6.45, 7) is 48.2. The van der Waals surface area contributed by atoms with Crippen molar-refractivity contribution in [3.63, 3.8) is 0 Å². The molecular formula is C77H111ClN14O15. The van der Waals surface area contributed by atoms with Crippen molar-refractivity contribution in [2.24, 2.45) is 10.8 Å². The topological polar surface area (TPSA) is 426 Å². The van der Waals surface area contributed by atoms with E-state index in [4.69, 9.17) is 21.4 Å². The number of ketones is 2. The Morgan fingerprint density at radius 2 is 0.991 bits per heavy atom. The molecule has 586 valence electrons. The van der Waals surface area contributed by atoms with Gasteiger partial charge < -0.3 is 59.5 Å². The Morgan fingerprint density at radius 3 is 1.40 bits per heavy atom. The number of aldehydes is 1. The SMILES string of the molecule is CC(=O)N1CC(=O)N/C(=C\c2nc[nH]c2C(C)(C)C)C1=O.CC(C)(C)c1[nH]cnc1/C=c1\[nH]c(=O)/c(=C/c2ccccc2)[nH]c1=O.CC(C)(C)c1[nH]cnc1C=O.CC(C)(C)c1nc[nH]c1CO.CCOC(=O)C(Cl)C(=O)C(C)(C)C.CCOC(=O)CC(=O)C(C)(C)C.CCOC(=O)c1nc[nH]c1C(C)(C)C. The third-order valence-corrected chi connectivity index (χ3v) is 15.2. The Kier molecular flexibility index (Phi) is 35.1. The molecule has 1 saturated heterocycles. The van der Waals surface area contributed by atoms with Gasteiger partial charge in [0.2, 0.25) is 11.8 Å². The minimum atomic E-state index is -1.18. The number of Topliss-reactive ketones (excluding diaryl/α,β-unsaturated/α-hetero) is 2. The summed E-state index contributed by atoms with van der Waals surface area (Å²) in [4.78, 5) is 168. The number of esters is 3. The number of amides is 3. The molecule has 1 fully saturated rings. The number of nitrogens with one attached hydrogen (secondary N) is 8. The van der Waals surface area contributed by atoms with Crippen LogP contribution in [0.5, 0.6) is 0 Å². The average molecular weight is 1510 g/mol. The molecule has 8 rings (SSSR count). The molecular weight excluding hydrogens is 1400 g/mol. The highest BCUT2D eigenvalue weighted by molar-refractivity contribution is 6.41. The van der Waals surface area contributed by atoms with E-state index in [1.165, 1.54) is 25.7 Å². The molecule has 0 aliphatic carbocycles. The lowest BCUT2D eigenvalue weighted by molar-refractivity contribution is -0.148. The number of aromatic nitrogens is 12. The van der Waals surface area contributed by atoms with Gasteiger partial charge >= 0.3 is 17.9 Å². The number of carbonyl (C=O) groups excluding carboxylic acids is 9. The van der Waals surface area contributed by atoms with Crippen LogP contribution in [0.25, 0.3) is 18.2 Å². The molecule has 6 aromatic heterocycles. The van der Waals surface area contributed by atoms with Gasteiger partial charge in [-0.05, 0) is 44.6 Å². The predicted molar refractivity (Wildman–Crippen MR) is 409 cm³/mol.